The zero-order valence-corrected chi connectivity index (χ0v) is 17.1. The van der Waals surface area contributed by atoms with Gasteiger partial charge in [0.05, 0.1) is 17.2 Å². The number of nitrogens with zero attached hydrogens (tertiary/aromatic N) is 5. The van der Waals surface area contributed by atoms with Crippen molar-refractivity contribution < 1.29 is 9.72 Å². The van der Waals surface area contributed by atoms with E-state index < -0.39 is 4.92 Å². The lowest BCUT2D eigenvalue weighted by Crippen LogP contribution is -2.24. The minimum absolute atomic E-state index is 0.0102. The molecule has 4 rings (SSSR count). The maximum atomic E-state index is 12.7. The number of non-ortho nitro benzene ring substituents is 1. The molecular weight excluding hydrogens is 420 g/mol. The lowest BCUT2D eigenvalue weighted by Gasteiger charge is -2.05. The van der Waals surface area contributed by atoms with Crippen molar-refractivity contribution in [3.63, 3.8) is 0 Å². The van der Waals surface area contributed by atoms with Crippen LogP contribution in [-0.4, -0.2) is 30.2 Å². The molecular formula is C20H16N6O4S. The van der Waals surface area contributed by atoms with E-state index >= 15 is 0 Å². The van der Waals surface area contributed by atoms with Crippen molar-refractivity contribution in [3.8, 4) is 5.69 Å². The summed E-state index contributed by atoms with van der Waals surface area (Å²) in [5.74, 6) is -0.296. The van der Waals surface area contributed by atoms with E-state index in [0.717, 1.165) is 11.3 Å². The molecule has 1 amide bonds. The Hall–Kier alpha value is -4.12. The van der Waals surface area contributed by atoms with Crippen LogP contribution in [0, 0.1) is 17.0 Å². The Labute approximate surface area is 179 Å². The third-order valence-corrected chi connectivity index (χ3v) is 5.38. The Bertz CT molecular complexity index is 1300. The number of hydrogen-bond acceptors (Lipinski definition) is 7. The molecule has 0 saturated heterocycles. The smallest absolute Gasteiger partial charge is 0.320 e. The number of thiazole rings is 1. The van der Waals surface area contributed by atoms with E-state index in [1.807, 2.05) is 6.92 Å². The maximum absolute atomic E-state index is 12.7. The quantitative estimate of drug-likeness (QED) is 0.366. The molecule has 156 valence electrons. The minimum Gasteiger partial charge on any atom is -0.320 e. The molecule has 11 heteroatoms. The van der Waals surface area contributed by atoms with Crippen LogP contribution in [0.2, 0.25) is 0 Å². The summed E-state index contributed by atoms with van der Waals surface area (Å²) in [4.78, 5) is 39.3. The molecule has 0 unspecified atom stereocenters. The molecule has 10 nitrogen and oxygen atoms in total. The second-order valence-electron chi connectivity index (χ2n) is 6.67. The fourth-order valence-electron chi connectivity index (χ4n) is 2.87. The number of hydrogen-bond donors (Lipinski definition) is 1. The average Bonchev–Trinajstić information content (AvgIpc) is 3.35. The maximum Gasteiger partial charge on any atom is 0.350 e. The molecule has 0 saturated carbocycles. The number of anilines is 1. The highest BCUT2D eigenvalue weighted by Gasteiger charge is 2.12. The topological polar surface area (TPSA) is 125 Å². The standard InChI is InChI=1S/C20H16N6O4S/c1-13-11-31-19(22-13)18(27)23-15-4-8-16(9-5-15)25-20(28)24(12-21-25)10-14-2-6-17(7-3-14)26(29)30/h2-9,11-12H,10H2,1H3,(H,23,27). The van der Waals surface area contributed by atoms with Gasteiger partial charge in [0.25, 0.3) is 11.6 Å². The van der Waals surface area contributed by atoms with Crippen molar-refractivity contribution >= 4 is 28.6 Å². The van der Waals surface area contributed by atoms with Crippen LogP contribution >= 0.6 is 11.3 Å². The van der Waals surface area contributed by atoms with Gasteiger partial charge in [0.1, 0.15) is 6.33 Å². The second kappa shape index (κ2) is 8.32. The summed E-state index contributed by atoms with van der Waals surface area (Å²) in [6.07, 6.45) is 1.41. The van der Waals surface area contributed by atoms with E-state index in [-0.39, 0.29) is 23.8 Å². The highest BCUT2D eigenvalue weighted by molar-refractivity contribution is 7.11. The molecule has 0 spiro atoms. The average molecular weight is 436 g/mol. The predicted molar refractivity (Wildman–Crippen MR) is 115 cm³/mol. The highest BCUT2D eigenvalue weighted by atomic mass is 32.1. The zero-order valence-electron chi connectivity index (χ0n) is 16.3. The zero-order chi connectivity index (χ0) is 22.0. The molecule has 2 heterocycles. The monoisotopic (exact) mass is 436 g/mol. The summed E-state index contributed by atoms with van der Waals surface area (Å²) in [7, 11) is 0. The van der Waals surface area contributed by atoms with Crippen LogP contribution in [0.5, 0.6) is 0 Å². The molecule has 0 aliphatic carbocycles. The van der Waals surface area contributed by atoms with Gasteiger partial charge in [-0.3, -0.25) is 19.5 Å². The van der Waals surface area contributed by atoms with Gasteiger partial charge in [0.2, 0.25) is 0 Å². The lowest BCUT2D eigenvalue weighted by molar-refractivity contribution is -0.384. The van der Waals surface area contributed by atoms with Gasteiger partial charge in [-0.15, -0.1) is 11.3 Å². The first-order valence-corrected chi connectivity index (χ1v) is 10.0. The number of benzene rings is 2. The Balaban J connectivity index is 1.47. The first kappa shape index (κ1) is 20.2. The van der Waals surface area contributed by atoms with Crippen LogP contribution in [-0.2, 0) is 6.54 Å². The van der Waals surface area contributed by atoms with E-state index in [0.29, 0.717) is 16.4 Å². The highest BCUT2D eigenvalue weighted by Crippen LogP contribution is 2.16. The molecule has 0 aliphatic heterocycles. The van der Waals surface area contributed by atoms with Gasteiger partial charge in [-0.05, 0) is 36.8 Å². The van der Waals surface area contributed by atoms with Gasteiger partial charge in [0, 0.05) is 28.9 Å². The van der Waals surface area contributed by atoms with Crippen LogP contribution in [0.25, 0.3) is 5.69 Å². The summed E-state index contributed by atoms with van der Waals surface area (Å²) < 4.78 is 2.64. The molecule has 31 heavy (non-hydrogen) atoms. The number of nitrogens with one attached hydrogen (secondary N) is 1. The van der Waals surface area contributed by atoms with Crippen molar-refractivity contribution in [1.29, 1.82) is 0 Å². The van der Waals surface area contributed by atoms with Crippen molar-refractivity contribution in [2.24, 2.45) is 0 Å². The minimum atomic E-state index is -0.474. The number of nitro groups is 1. The number of aryl methyl sites for hydroxylation is 1. The summed E-state index contributed by atoms with van der Waals surface area (Å²) in [6, 6.07) is 12.7. The summed E-state index contributed by atoms with van der Waals surface area (Å²) in [6.45, 7) is 2.05. The van der Waals surface area contributed by atoms with Crippen LogP contribution in [0.3, 0.4) is 0 Å². The third kappa shape index (κ3) is 4.41. The lowest BCUT2D eigenvalue weighted by atomic mass is 10.2. The van der Waals surface area contributed by atoms with E-state index in [2.05, 4.69) is 15.4 Å². The summed E-state index contributed by atoms with van der Waals surface area (Å²) >= 11 is 1.27. The fourth-order valence-corrected chi connectivity index (χ4v) is 3.56. The van der Waals surface area contributed by atoms with Crippen molar-refractivity contribution in [2.75, 3.05) is 5.32 Å². The molecule has 2 aromatic heterocycles. The Morgan fingerprint density at radius 1 is 1.16 bits per heavy atom. The van der Waals surface area contributed by atoms with Gasteiger partial charge in [0.15, 0.2) is 5.01 Å². The molecule has 0 radical (unpaired) electrons. The van der Waals surface area contributed by atoms with Crippen LogP contribution in [0.15, 0.2) is 65.0 Å². The van der Waals surface area contributed by atoms with Crippen LogP contribution < -0.4 is 11.0 Å². The number of aromatic nitrogens is 4. The van der Waals surface area contributed by atoms with Crippen LogP contribution in [0.4, 0.5) is 11.4 Å². The van der Waals surface area contributed by atoms with E-state index in [1.54, 1.807) is 41.8 Å². The first-order chi connectivity index (χ1) is 14.9. The fraction of sp³-hybridized carbons (Fsp3) is 0.100. The number of carbonyl (C=O) groups is 1. The van der Waals surface area contributed by atoms with Gasteiger partial charge in [-0.1, -0.05) is 12.1 Å². The van der Waals surface area contributed by atoms with Crippen LogP contribution in [0.1, 0.15) is 21.1 Å². The summed E-state index contributed by atoms with van der Waals surface area (Å²) in [5.41, 5.74) is 2.27. The first-order valence-electron chi connectivity index (χ1n) is 9.12. The van der Waals surface area contributed by atoms with Gasteiger partial charge < -0.3 is 5.32 Å². The Kier molecular flexibility index (Phi) is 5.41. The molecule has 2 aromatic carbocycles. The number of carbonyl (C=O) groups excluding carboxylic acids is 1. The molecule has 0 atom stereocenters. The molecule has 4 aromatic rings. The van der Waals surface area contributed by atoms with Crippen molar-refractivity contribution in [2.45, 2.75) is 13.5 Å². The van der Waals surface area contributed by atoms with Crippen molar-refractivity contribution in [3.05, 3.63) is 97.1 Å². The molecule has 1 N–H and O–H groups in total. The van der Waals surface area contributed by atoms with E-state index in [9.17, 15) is 19.7 Å². The largest absolute Gasteiger partial charge is 0.350 e. The number of amides is 1. The summed E-state index contributed by atoms with van der Waals surface area (Å²) in [5, 5.41) is 19.8. The van der Waals surface area contributed by atoms with Gasteiger partial charge in [-0.2, -0.15) is 9.78 Å². The Morgan fingerprint density at radius 3 is 2.48 bits per heavy atom. The third-order valence-electron chi connectivity index (χ3n) is 4.42. The van der Waals surface area contributed by atoms with Gasteiger partial charge in [-0.25, -0.2) is 9.78 Å². The molecule has 0 bridgehead atoms. The number of nitro benzene ring substituents is 1. The SMILES string of the molecule is Cc1csc(C(=O)Nc2ccc(-n3ncn(Cc4ccc([N+](=O)[O-])cc4)c3=O)cc2)n1. The predicted octanol–water partition coefficient (Wildman–Crippen LogP) is 3.01. The van der Waals surface area contributed by atoms with Gasteiger partial charge >= 0.3 is 5.69 Å². The van der Waals surface area contributed by atoms with E-state index in [1.165, 1.54) is 39.0 Å². The normalized spacial score (nSPS) is 10.7. The second-order valence-corrected chi connectivity index (χ2v) is 7.53. The Morgan fingerprint density at radius 2 is 1.87 bits per heavy atom. The molecule has 0 aliphatic rings. The van der Waals surface area contributed by atoms with Crippen molar-refractivity contribution in [1.82, 2.24) is 19.3 Å². The molecule has 0 fully saturated rings. The van der Waals surface area contributed by atoms with E-state index in [4.69, 9.17) is 0 Å². The number of rotatable bonds is 6.